The van der Waals surface area contributed by atoms with Crippen LogP contribution in [0.15, 0.2) is 78.9 Å². The van der Waals surface area contributed by atoms with Crippen molar-refractivity contribution in [2.75, 3.05) is 26.7 Å². The molecule has 3 aromatic carbocycles. The molecule has 1 unspecified atom stereocenters. The summed E-state index contributed by atoms with van der Waals surface area (Å²) in [5, 5.41) is 0. The Balaban J connectivity index is 1.45. The predicted octanol–water partition coefficient (Wildman–Crippen LogP) is 6.21. The van der Waals surface area contributed by atoms with Gasteiger partial charge in [-0.3, -0.25) is 9.59 Å². The number of nitrogens with zero attached hydrogens (tertiary/aromatic N) is 2. The first-order valence-electron chi connectivity index (χ1n) is 14.8. The van der Waals surface area contributed by atoms with Gasteiger partial charge in [0.15, 0.2) is 0 Å². The number of carbonyl (C=O) groups is 3. The van der Waals surface area contributed by atoms with Gasteiger partial charge in [-0.1, -0.05) is 66.7 Å². The van der Waals surface area contributed by atoms with E-state index < -0.39 is 5.60 Å². The first kappa shape index (κ1) is 31.6. The predicted molar refractivity (Wildman–Crippen MR) is 165 cm³/mol. The van der Waals surface area contributed by atoms with Gasteiger partial charge >= 0.3 is 12.1 Å². The molecule has 0 aromatic heterocycles. The fourth-order valence-electron chi connectivity index (χ4n) is 5.20. The molecule has 4 rings (SSSR count). The van der Waals surface area contributed by atoms with E-state index in [4.69, 9.17) is 14.2 Å². The number of carbonyl (C=O) groups excluding carboxylic acids is 3. The molecule has 0 spiro atoms. The van der Waals surface area contributed by atoms with Crippen molar-refractivity contribution in [3.63, 3.8) is 0 Å². The topological polar surface area (TPSA) is 85.4 Å². The third-order valence-electron chi connectivity index (χ3n) is 7.37. The maximum atomic E-state index is 13.7. The molecule has 8 nitrogen and oxygen atoms in total. The highest BCUT2D eigenvalue weighted by molar-refractivity contribution is 5.78. The summed E-state index contributed by atoms with van der Waals surface area (Å²) in [6, 6.07) is 25.2. The SMILES string of the molecule is COC(=O)CCc1ccccc1Oc1ccccc1CCC(=O)N1CCN(C(=O)OC(C)(C)C)CC1Cc1ccccc1. The molecule has 43 heavy (non-hydrogen) atoms. The maximum Gasteiger partial charge on any atom is 0.410 e. The molecule has 3 aromatic rings. The van der Waals surface area contributed by atoms with E-state index in [2.05, 4.69) is 0 Å². The van der Waals surface area contributed by atoms with Crippen LogP contribution in [0.3, 0.4) is 0 Å². The zero-order valence-corrected chi connectivity index (χ0v) is 25.6. The van der Waals surface area contributed by atoms with E-state index in [-0.39, 0.29) is 30.4 Å². The summed E-state index contributed by atoms with van der Waals surface area (Å²) in [5.74, 6) is 1.12. The van der Waals surface area contributed by atoms with E-state index in [1.807, 2.05) is 105 Å². The number of aryl methyl sites for hydroxylation is 2. The van der Waals surface area contributed by atoms with Gasteiger partial charge in [0.1, 0.15) is 17.1 Å². The second-order valence-electron chi connectivity index (χ2n) is 11.8. The van der Waals surface area contributed by atoms with Crippen molar-refractivity contribution in [3.8, 4) is 11.5 Å². The highest BCUT2D eigenvalue weighted by Gasteiger charge is 2.34. The van der Waals surface area contributed by atoms with Gasteiger partial charge in [0.05, 0.1) is 13.2 Å². The molecule has 0 saturated carbocycles. The molecule has 2 amide bonds. The summed E-state index contributed by atoms with van der Waals surface area (Å²) >= 11 is 0. The molecule has 0 aliphatic carbocycles. The van der Waals surface area contributed by atoms with Gasteiger partial charge in [-0.15, -0.1) is 0 Å². The zero-order chi connectivity index (χ0) is 30.8. The number of hydrogen-bond acceptors (Lipinski definition) is 6. The lowest BCUT2D eigenvalue weighted by Gasteiger charge is -2.42. The number of para-hydroxylation sites is 2. The van der Waals surface area contributed by atoms with Crippen LogP contribution < -0.4 is 4.74 Å². The summed E-state index contributed by atoms with van der Waals surface area (Å²) in [6.07, 6.45) is 1.87. The lowest BCUT2D eigenvalue weighted by molar-refractivity contribution is -0.140. The second kappa shape index (κ2) is 14.7. The first-order chi connectivity index (χ1) is 20.6. The molecular weight excluding hydrogens is 544 g/mol. The number of piperazine rings is 1. The lowest BCUT2D eigenvalue weighted by atomic mass is 10.0. The number of amides is 2. The van der Waals surface area contributed by atoms with E-state index >= 15 is 0 Å². The van der Waals surface area contributed by atoms with Gasteiger partial charge < -0.3 is 24.0 Å². The molecule has 1 atom stereocenters. The lowest BCUT2D eigenvalue weighted by Crippen LogP contribution is -2.57. The van der Waals surface area contributed by atoms with E-state index in [0.29, 0.717) is 56.8 Å². The Morgan fingerprint density at radius 1 is 0.791 bits per heavy atom. The number of benzene rings is 3. The third-order valence-corrected chi connectivity index (χ3v) is 7.37. The van der Waals surface area contributed by atoms with E-state index in [9.17, 15) is 14.4 Å². The molecule has 1 heterocycles. The number of rotatable bonds is 10. The quantitative estimate of drug-likeness (QED) is 0.263. The summed E-state index contributed by atoms with van der Waals surface area (Å²) in [6.45, 7) is 6.85. The average Bonchev–Trinajstić information content (AvgIpc) is 2.99. The van der Waals surface area contributed by atoms with Gasteiger partial charge in [0, 0.05) is 32.5 Å². The summed E-state index contributed by atoms with van der Waals surface area (Å²) < 4.78 is 16.7. The normalized spacial score (nSPS) is 15.1. The van der Waals surface area contributed by atoms with Crippen LogP contribution in [0.25, 0.3) is 0 Å². The first-order valence-corrected chi connectivity index (χ1v) is 14.8. The van der Waals surface area contributed by atoms with E-state index in [0.717, 1.165) is 16.7 Å². The Morgan fingerprint density at radius 2 is 1.37 bits per heavy atom. The van der Waals surface area contributed by atoms with Crippen LogP contribution in [0.4, 0.5) is 4.79 Å². The van der Waals surface area contributed by atoms with Gasteiger partial charge in [-0.2, -0.15) is 0 Å². The van der Waals surface area contributed by atoms with Crippen LogP contribution in [0.1, 0.15) is 50.3 Å². The molecule has 228 valence electrons. The number of hydrogen-bond donors (Lipinski definition) is 0. The van der Waals surface area contributed by atoms with Crippen LogP contribution >= 0.6 is 0 Å². The average molecular weight is 587 g/mol. The minimum absolute atomic E-state index is 0.0399. The fourth-order valence-corrected chi connectivity index (χ4v) is 5.20. The van der Waals surface area contributed by atoms with E-state index in [1.165, 1.54) is 7.11 Å². The van der Waals surface area contributed by atoms with Crippen molar-refractivity contribution < 1.29 is 28.6 Å². The Bertz CT molecular complexity index is 1380. The van der Waals surface area contributed by atoms with E-state index in [1.54, 1.807) is 4.90 Å². The van der Waals surface area contributed by atoms with Crippen LogP contribution in [-0.4, -0.2) is 66.2 Å². The monoisotopic (exact) mass is 586 g/mol. The van der Waals surface area contributed by atoms with Crippen LogP contribution in [-0.2, 0) is 38.3 Å². The van der Waals surface area contributed by atoms with Crippen LogP contribution in [0.5, 0.6) is 11.5 Å². The standard InChI is InChI=1S/C35H42N2O6/c1-35(2,3)43-34(40)36-22-23-37(29(25-36)24-26-12-6-5-7-13-26)32(38)20-18-27-14-8-10-16-30(27)42-31-17-11-9-15-28(31)19-21-33(39)41-4/h5-17,29H,18-25H2,1-4H3. The zero-order valence-electron chi connectivity index (χ0n) is 25.6. The van der Waals surface area contributed by atoms with Crippen molar-refractivity contribution in [1.82, 2.24) is 9.80 Å². The second-order valence-corrected chi connectivity index (χ2v) is 11.8. The minimum atomic E-state index is -0.587. The molecule has 8 heteroatoms. The summed E-state index contributed by atoms with van der Waals surface area (Å²) in [4.78, 5) is 41.9. The number of esters is 1. The number of ether oxygens (including phenoxy) is 3. The van der Waals surface area contributed by atoms with Crippen molar-refractivity contribution in [2.24, 2.45) is 0 Å². The minimum Gasteiger partial charge on any atom is -0.469 e. The number of methoxy groups -OCH3 is 1. The van der Waals surface area contributed by atoms with Gasteiger partial charge in [0.2, 0.25) is 5.91 Å². The largest absolute Gasteiger partial charge is 0.469 e. The highest BCUT2D eigenvalue weighted by Crippen LogP contribution is 2.30. The van der Waals surface area contributed by atoms with Crippen LogP contribution in [0.2, 0.25) is 0 Å². The molecule has 0 radical (unpaired) electrons. The molecule has 0 N–H and O–H groups in total. The summed E-state index contributed by atoms with van der Waals surface area (Å²) in [5.41, 5.74) is 2.35. The molecule has 1 saturated heterocycles. The van der Waals surface area contributed by atoms with Gasteiger partial charge in [-0.05, 0) is 68.9 Å². The Hall–Kier alpha value is -4.33. The third kappa shape index (κ3) is 9.33. The smallest absolute Gasteiger partial charge is 0.410 e. The van der Waals surface area contributed by atoms with Crippen molar-refractivity contribution >= 4 is 18.0 Å². The van der Waals surface area contributed by atoms with Gasteiger partial charge in [-0.25, -0.2) is 4.79 Å². The van der Waals surface area contributed by atoms with Crippen LogP contribution in [0, 0.1) is 0 Å². The maximum absolute atomic E-state index is 13.7. The van der Waals surface area contributed by atoms with Crippen molar-refractivity contribution in [3.05, 3.63) is 95.6 Å². The van der Waals surface area contributed by atoms with Crippen molar-refractivity contribution in [1.29, 1.82) is 0 Å². The molecule has 1 aliphatic heterocycles. The Labute approximate surface area is 254 Å². The molecular formula is C35H42N2O6. The Kier molecular flexibility index (Phi) is 10.8. The van der Waals surface area contributed by atoms with Crippen molar-refractivity contribution in [2.45, 2.75) is 64.5 Å². The highest BCUT2D eigenvalue weighted by atomic mass is 16.6. The van der Waals surface area contributed by atoms with Gasteiger partial charge in [0.25, 0.3) is 0 Å². The molecule has 1 fully saturated rings. The Morgan fingerprint density at radius 3 is 1.98 bits per heavy atom. The fraction of sp³-hybridized carbons (Fsp3) is 0.400. The molecule has 1 aliphatic rings. The summed E-state index contributed by atoms with van der Waals surface area (Å²) in [7, 11) is 1.38. The molecule has 0 bridgehead atoms.